The second kappa shape index (κ2) is 7.27. The molecule has 0 radical (unpaired) electrons. The minimum absolute atomic E-state index is 0.116. The molecule has 0 aliphatic heterocycles. The molecule has 0 amide bonds. The van der Waals surface area contributed by atoms with Crippen LogP contribution >= 0.6 is 67.8 Å². The Hall–Kier alpha value is 0.290. The van der Waals surface area contributed by atoms with Gasteiger partial charge in [-0.3, -0.25) is 9.27 Å². The van der Waals surface area contributed by atoms with E-state index in [-0.39, 0.29) is 15.5 Å². The highest BCUT2D eigenvalue weighted by Crippen LogP contribution is 2.26. The van der Waals surface area contributed by atoms with Crippen LogP contribution in [-0.2, 0) is 20.1 Å². The number of nitrogens with one attached hydrogen (secondary N) is 1. The van der Waals surface area contributed by atoms with E-state index in [4.69, 9.17) is 4.55 Å². The van der Waals surface area contributed by atoms with E-state index in [9.17, 15) is 16.8 Å². The lowest BCUT2D eigenvalue weighted by atomic mass is 10.3. The second-order valence-electron chi connectivity index (χ2n) is 4.31. The normalized spacial score (nSPS) is 12.2. The number of hydrogen-bond acceptors (Lipinski definition) is 4. The smallest absolute Gasteiger partial charge is 0.282 e. The van der Waals surface area contributed by atoms with E-state index >= 15 is 0 Å². The second-order valence-corrected chi connectivity index (χ2v) is 10.8. The summed E-state index contributed by atoms with van der Waals surface area (Å²) >= 11 is 6.26. The molecule has 0 saturated heterocycles. The van der Waals surface area contributed by atoms with Crippen molar-refractivity contribution in [1.82, 2.24) is 0 Å². The van der Waals surface area contributed by atoms with Crippen molar-refractivity contribution in [3.05, 3.63) is 47.1 Å². The van der Waals surface area contributed by atoms with Gasteiger partial charge in [-0.1, -0.05) is 0 Å². The van der Waals surface area contributed by atoms with Crippen LogP contribution in [0.2, 0.25) is 0 Å². The first-order valence-electron chi connectivity index (χ1n) is 5.75. The number of anilines is 1. The van der Waals surface area contributed by atoms with Crippen molar-refractivity contribution in [1.29, 1.82) is 0 Å². The van der Waals surface area contributed by atoms with Crippen LogP contribution in [0, 0.1) is 10.7 Å². The minimum atomic E-state index is -4.31. The van der Waals surface area contributed by atoms with Crippen molar-refractivity contribution >= 4 is 93.6 Å². The molecule has 0 bridgehead atoms. The molecule has 0 aromatic heterocycles. The molecule has 0 unspecified atom stereocenters. The van der Waals surface area contributed by atoms with Crippen molar-refractivity contribution in [2.45, 2.75) is 9.79 Å². The number of sulfonamides is 1. The molecule has 0 atom stereocenters. The molecule has 0 fully saturated rings. The van der Waals surface area contributed by atoms with Crippen LogP contribution in [-0.4, -0.2) is 21.4 Å². The Morgan fingerprint density at radius 1 is 0.826 bits per heavy atom. The maximum atomic E-state index is 12.4. The SMILES string of the molecule is O=S(=O)(O)c1ccc(NS(=O)(=O)c2cc(I)c(I)c(I)c2)cc1. The Labute approximate surface area is 174 Å². The summed E-state index contributed by atoms with van der Waals surface area (Å²) in [5, 5.41) is 0. The summed E-state index contributed by atoms with van der Waals surface area (Å²) in [5.74, 6) is 0. The van der Waals surface area contributed by atoms with Crippen molar-refractivity contribution < 1.29 is 21.4 Å². The first-order chi connectivity index (χ1) is 10.5. The van der Waals surface area contributed by atoms with E-state index in [1.807, 2.05) is 0 Å². The Balaban J connectivity index is 2.35. The van der Waals surface area contributed by atoms with Crippen LogP contribution in [0.25, 0.3) is 0 Å². The van der Waals surface area contributed by atoms with Gasteiger partial charge < -0.3 is 0 Å². The molecule has 11 heteroatoms. The number of hydrogen-bond donors (Lipinski definition) is 2. The topological polar surface area (TPSA) is 101 Å². The van der Waals surface area contributed by atoms with E-state index in [0.29, 0.717) is 0 Å². The fourth-order valence-corrected chi connectivity index (χ4v) is 5.69. The van der Waals surface area contributed by atoms with Crippen molar-refractivity contribution in [2.75, 3.05) is 4.72 Å². The monoisotopic (exact) mass is 691 g/mol. The summed E-state index contributed by atoms with van der Waals surface area (Å²) in [7, 11) is -8.11. The number of rotatable bonds is 4. The summed E-state index contributed by atoms with van der Waals surface area (Å²) in [6.07, 6.45) is 0. The molecule has 2 N–H and O–H groups in total. The predicted molar refractivity (Wildman–Crippen MR) is 112 cm³/mol. The van der Waals surface area contributed by atoms with Crippen molar-refractivity contribution in [2.24, 2.45) is 0 Å². The molecule has 2 aromatic rings. The van der Waals surface area contributed by atoms with Crippen LogP contribution in [0.3, 0.4) is 0 Å². The van der Waals surface area contributed by atoms with Gasteiger partial charge in [0.1, 0.15) is 0 Å². The molecule has 0 spiro atoms. The number of benzene rings is 2. The lowest BCUT2D eigenvalue weighted by Gasteiger charge is -2.10. The van der Waals surface area contributed by atoms with Crippen LogP contribution < -0.4 is 4.72 Å². The zero-order valence-corrected chi connectivity index (χ0v) is 19.1. The molecular formula is C12H8I3NO5S2. The van der Waals surface area contributed by atoms with Gasteiger partial charge in [-0.05, 0) is 104 Å². The highest BCUT2D eigenvalue weighted by molar-refractivity contribution is 14.1. The average molecular weight is 691 g/mol. The van der Waals surface area contributed by atoms with Gasteiger partial charge in [0.2, 0.25) is 0 Å². The zero-order chi connectivity index (χ0) is 17.4. The van der Waals surface area contributed by atoms with E-state index in [1.165, 1.54) is 12.1 Å². The molecule has 0 heterocycles. The third-order valence-corrected chi connectivity index (χ3v) is 9.83. The average Bonchev–Trinajstić information content (AvgIpc) is 2.43. The van der Waals surface area contributed by atoms with Gasteiger partial charge in [-0.2, -0.15) is 8.42 Å². The van der Waals surface area contributed by atoms with Gasteiger partial charge in [0.05, 0.1) is 9.79 Å². The van der Waals surface area contributed by atoms with E-state index < -0.39 is 20.1 Å². The van der Waals surface area contributed by atoms with E-state index in [2.05, 4.69) is 72.5 Å². The fourth-order valence-electron chi connectivity index (χ4n) is 1.60. The van der Waals surface area contributed by atoms with Gasteiger partial charge in [0.15, 0.2) is 0 Å². The molecule has 23 heavy (non-hydrogen) atoms. The largest absolute Gasteiger partial charge is 0.294 e. The number of halogens is 3. The lowest BCUT2D eigenvalue weighted by Crippen LogP contribution is -2.14. The highest BCUT2D eigenvalue weighted by Gasteiger charge is 2.18. The lowest BCUT2D eigenvalue weighted by molar-refractivity contribution is 0.483. The van der Waals surface area contributed by atoms with Gasteiger partial charge in [0, 0.05) is 16.4 Å². The molecule has 6 nitrogen and oxygen atoms in total. The molecule has 124 valence electrons. The van der Waals surface area contributed by atoms with Crippen LogP contribution in [0.15, 0.2) is 46.2 Å². The third kappa shape index (κ3) is 4.90. The quantitative estimate of drug-likeness (QED) is 0.291. The summed E-state index contributed by atoms with van der Waals surface area (Å²) < 4.78 is 60.7. The van der Waals surface area contributed by atoms with Crippen LogP contribution in [0.4, 0.5) is 5.69 Å². The van der Waals surface area contributed by atoms with Crippen LogP contribution in [0.5, 0.6) is 0 Å². The Kier molecular flexibility index (Phi) is 6.20. The summed E-state index contributed by atoms with van der Waals surface area (Å²) in [6, 6.07) is 7.88. The van der Waals surface area contributed by atoms with Crippen molar-refractivity contribution in [3.63, 3.8) is 0 Å². The van der Waals surface area contributed by atoms with Crippen LogP contribution in [0.1, 0.15) is 0 Å². The fraction of sp³-hybridized carbons (Fsp3) is 0. The third-order valence-electron chi connectivity index (χ3n) is 2.67. The molecule has 2 aromatic carbocycles. The van der Waals surface area contributed by atoms with Gasteiger partial charge in [0.25, 0.3) is 20.1 Å². The van der Waals surface area contributed by atoms with E-state index in [1.54, 1.807) is 12.1 Å². The minimum Gasteiger partial charge on any atom is -0.282 e. The van der Waals surface area contributed by atoms with Gasteiger partial charge >= 0.3 is 0 Å². The Morgan fingerprint density at radius 3 is 1.74 bits per heavy atom. The molecular weight excluding hydrogens is 683 g/mol. The molecule has 0 aliphatic rings. The first kappa shape index (κ1) is 19.6. The highest BCUT2D eigenvalue weighted by atomic mass is 127. The maximum absolute atomic E-state index is 12.4. The summed E-state index contributed by atoms with van der Waals surface area (Å²) in [6.45, 7) is 0. The Bertz CT molecular complexity index is 934. The zero-order valence-electron chi connectivity index (χ0n) is 11.0. The summed E-state index contributed by atoms with van der Waals surface area (Å²) in [4.78, 5) is -0.190. The van der Waals surface area contributed by atoms with Gasteiger partial charge in [-0.25, -0.2) is 8.42 Å². The first-order valence-corrected chi connectivity index (χ1v) is 11.9. The molecule has 0 aliphatic carbocycles. The molecule has 2 rings (SSSR count). The maximum Gasteiger partial charge on any atom is 0.294 e. The predicted octanol–water partition coefficient (Wildman–Crippen LogP) is 3.55. The Morgan fingerprint density at radius 2 is 1.30 bits per heavy atom. The summed E-state index contributed by atoms with van der Waals surface area (Å²) in [5.41, 5.74) is 0.195. The standard InChI is InChI=1S/C12H8I3NO5S2/c13-10-5-9(6-11(14)12(10)15)22(17,18)16-7-1-3-8(4-2-7)23(19,20)21/h1-6,16H,(H,19,20,21). The molecule has 0 saturated carbocycles. The van der Waals surface area contributed by atoms with Crippen molar-refractivity contribution in [3.8, 4) is 0 Å². The van der Waals surface area contributed by atoms with E-state index in [0.717, 1.165) is 22.8 Å². The van der Waals surface area contributed by atoms with Gasteiger partial charge in [-0.15, -0.1) is 0 Å².